The molecule has 0 aromatic carbocycles. The monoisotopic (exact) mass is 1050 g/mol. The number of amides is 1. The number of hydrogen-bond donors (Lipinski definition) is 2. The van der Waals surface area contributed by atoms with E-state index in [1.807, 2.05) is 27.2 Å². The van der Waals surface area contributed by atoms with Crippen molar-refractivity contribution < 1.29 is 32.9 Å². The Morgan fingerprint density at radius 2 is 0.753 bits per heavy atom. The van der Waals surface area contributed by atoms with Crippen LogP contribution >= 0.6 is 7.82 Å². The van der Waals surface area contributed by atoms with E-state index in [2.05, 4.69) is 31.3 Å². The standard InChI is InChI=1S/C64H127N2O6P/c1-6-8-10-12-14-16-18-20-22-24-26-28-30-31-32-33-34-35-36-38-40-42-44-46-48-50-52-54-56-58-64(68)65-62(61-72-73(69,70)71-60-59-66(3,4)5)63(67)57-55-53-51-49-47-45-43-41-39-37-29-27-25-23-21-19-17-15-13-11-9-7-2/h31-32,55,57,62-63,67H,6-30,33-54,56,58-61H2,1-5H3,(H-,65,68,69,70)/b32-31-,57-55+. The third kappa shape index (κ3) is 58.5. The lowest BCUT2D eigenvalue weighted by molar-refractivity contribution is -0.870. The van der Waals surface area contributed by atoms with Gasteiger partial charge in [0.1, 0.15) is 13.2 Å². The van der Waals surface area contributed by atoms with Gasteiger partial charge in [-0.15, -0.1) is 0 Å². The van der Waals surface area contributed by atoms with Gasteiger partial charge in [0.2, 0.25) is 5.91 Å². The van der Waals surface area contributed by atoms with E-state index in [1.165, 1.54) is 270 Å². The number of phosphoric acid groups is 1. The largest absolute Gasteiger partial charge is 0.756 e. The Hall–Kier alpha value is -1.02. The fraction of sp³-hybridized carbons (Fsp3) is 0.922. The van der Waals surface area contributed by atoms with Crippen molar-refractivity contribution in [2.75, 3.05) is 40.9 Å². The molecule has 434 valence electrons. The summed E-state index contributed by atoms with van der Waals surface area (Å²) in [4.78, 5) is 25.6. The third-order valence-corrected chi connectivity index (χ3v) is 15.9. The zero-order valence-electron chi connectivity index (χ0n) is 49.6. The van der Waals surface area contributed by atoms with Gasteiger partial charge in [0.05, 0.1) is 39.9 Å². The molecule has 3 unspecified atom stereocenters. The molecule has 73 heavy (non-hydrogen) atoms. The van der Waals surface area contributed by atoms with Crippen LogP contribution in [0.5, 0.6) is 0 Å². The summed E-state index contributed by atoms with van der Waals surface area (Å²) in [5.41, 5.74) is 0. The summed E-state index contributed by atoms with van der Waals surface area (Å²) in [5.74, 6) is -0.191. The maximum Gasteiger partial charge on any atom is 0.268 e. The summed E-state index contributed by atoms with van der Waals surface area (Å²) in [6.45, 7) is 4.71. The highest BCUT2D eigenvalue weighted by molar-refractivity contribution is 7.45. The molecular formula is C64H127N2O6P. The lowest BCUT2D eigenvalue weighted by Crippen LogP contribution is -2.45. The summed E-state index contributed by atoms with van der Waals surface area (Å²) in [6.07, 6.45) is 71.3. The van der Waals surface area contributed by atoms with Gasteiger partial charge in [-0.3, -0.25) is 9.36 Å². The first kappa shape index (κ1) is 72.0. The molecule has 2 N–H and O–H groups in total. The maximum absolute atomic E-state index is 13.0. The van der Waals surface area contributed by atoms with Crippen LogP contribution in [0.4, 0.5) is 0 Å². The van der Waals surface area contributed by atoms with E-state index >= 15 is 0 Å². The second-order valence-corrected chi connectivity index (χ2v) is 24.9. The van der Waals surface area contributed by atoms with E-state index in [0.717, 1.165) is 38.5 Å². The van der Waals surface area contributed by atoms with Crippen LogP contribution in [0.15, 0.2) is 24.3 Å². The molecule has 0 bridgehead atoms. The van der Waals surface area contributed by atoms with Crippen molar-refractivity contribution in [3.63, 3.8) is 0 Å². The summed E-state index contributed by atoms with van der Waals surface area (Å²) in [7, 11) is 1.28. The number of quaternary nitrogens is 1. The molecule has 0 rings (SSSR count). The van der Waals surface area contributed by atoms with Gasteiger partial charge < -0.3 is 28.8 Å². The molecule has 0 radical (unpaired) electrons. The fourth-order valence-electron chi connectivity index (χ4n) is 9.86. The van der Waals surface area contributed by atoms with Crippen molar-refractivity contribution in [2.24, 2.45) is 0 Å². The number of allylic oxidation sites excluding steroid dienone is 3. The molecule has 0 spiro atoms. The van der Waals surface area contributed by atoms with Gasteiger partial charge in [0, 0.05) is 6.42 Å². The number of aliphatic hydroxyl groups is 1. The number of aliphatic hydroxyl groups excluding tert-OH is 1. The summed E-state index contributed by atoms with van der Waals surface area (Å²) >= 11 is 0. The van der Waals surface area contributed by atoms with E-state index in [4.69, 9.17) is 9.05 Å². The smallest absolute Gasteiger partial charge is 0.268 e. The van der Waals surface area contributed by atoms with Crippen molar-refractivity contribution >= 4 is 13.7 Å². The minimum Gasteiger partial charge on any atom is -0.756 e. The highest BCUT2D eigenvalue weighted by Gasteiger charge is 2.23. The first-order valence-corrected chi connectivity index (χ1v) is 33.7. The molecular weight excluding hydrogens is 924 g/mol. The van der Waals surface area contributed by atoms with Crippen LogP contribution < -0.4 is 10.2 Å². The minimum absolute atomic E-state index is 0.00121. The van der Waals surface area contributed by atoms with Gasteiger partial charge in [-0.1, -0.05) is 301 Å². The minimum atomic E-state index is -4.60. The van der Waals surface area contributed by atoms with Crippen LogP contribution in [0.25, 0.3) is 0 Å². The number of nitrogens with zero attached hydrogens (tertiary/aromatic N) is 1. The zero-order chi connectivity index (χ0) is 53.5. The van der Waals surface area contributed by atoms with Crippen LogP contribution in [-0.2, 0) is 18.4 Å². The second kappa shape index (κ2) is 55.7. The first-order chi connectivity index (χ1) is 35.5. The predicted octanol–water partition coefficient (Wildman–Crippen LogP) is 19.3. The number of unbranched alkanes of at least 4 members (excludes halogenated alkanes) is 45. The van der Waals surface area contributed by atoms with Crippen LogP contribution in [0.3, 0.4) is 0 Å². The van der Waals surface area contributed by atoms with E-state index in [0.29, 0.717) is 17.4 Å². The molecule has 3 atom stereocenters. The average molecular weight is 1050 g/mol. The highest BCUT2D eigenvalue weighted by atomic mass is 31.2. The van der Waals surface area contributed by atoms with E-state index in [-0.39, 0.29) is 19.1 Å². The van der Waals surface area contributed by atoms with Crippen LogP contribution in [0, 0.1) is 0 Å². The maximum atomic E-state index is 13.0. The quantitative estimate of drug-likeness (QED) is 0.0272. The van der Waals surface area contributed by atoms with Crippen LogP contribution in [-0.4, -0.2) is 68.5 Å². The van der Waals surface area contributed by atoms with Gasteiger partial charge >= 0.3 is 0 Å². The van der Waals surface area contributed by atoms with Crippen LogP contribution in [0.1, 0.15) is 328 Å². The Kier molecular flexibility index (Phi) is 54.9. The van der Waals surface area contributed by atoms with Crippen LogP contribution in [0.2, 0.25) is 0 Å². The predicted molar refractivity (Wildman–Crippen MR) is 316 cm³/mol. The Morgan fingerprint density at radius 1 is 0.466 bits per heavy atom. The Morgan fingerprint density at radius 3 is 1.07 bits per heavy atom. The van der Waals surface area contributed by atoms with Crippen molar-refractivity contribution in [3.05, 3.63) is 24.3 Å². The Bertz CT molecular complexity index is 1240. The normalized spacial score (nSPS) is 13.9. The number of hydrogen-bond acceptors (Lipinski definition) is 6. The van der Waals surface area contributed by atoms with E-state index < -0.39 is 20.0 Å². The zero-order valence-corrected chi connectivity index (χ0v) is 50.5. The molecule has 0 saturated heterocycles. The number of carbonyl (C=O) groups is 1. The number of rotatable bonds is 60. The number of carbonyl (C=O) groups excluding carboxylic acids is 1. The van der Waals surface area contributed by atoms with Crippen molar-refractivity contribution in [1.29, 1.82) is 0 Å². The first-order valence-electron chi connectivity index (χ1n) is 32.2. The van der Waals surface area contributed by atoms with Gasteiger partial charge in [0.15, 0.2) is 0 Å². The lowest BCUT2D eigenvalue weighted by Gasteiger charge is -2.29. The molecule has 0 aliphatic carbocycles. The molecule has 0 aromatic heterocycles. The molecule has 0 fully saturated rings. The summed E-state index contributed by atoms with van der Waals surface area (Å²) in [5, 5.41) is 13.9. The number of nitrogens with one attached hydrogen (secondary N) is 1. The van der Waals surface area contributed by atoms with E-state index in [9.17, 15) is 19.4 Å². The molecule has 0 aliphatic heterocycles. The SMILES string of the molecule is CCCCCCCCCCCCCC/C=C\CCCCCCCCCCCCCCCC(=O)NC(COP(=O)([O-])OCC[N+](C)(C)C)C(O)/C=C/CCCCCCCCCCCCCCCCCCCCCC. The second-order valence-electron chi connectivity index (χ2n) is 23.5. The Labute approximate surface area is 455 Å². The molecule has 0 heterocycles. The number of likely N-dealkylation sites (N-methyl/N-ethyl adjacent to an activating group) is 1. The molecule has 0 aromatic rings. The number of phosphoric ester groups is 1. The molecule has 0 aliphatic rings. The van der Waals surface area contributed by atoms with Gasteiger partial charge in [-0.25, -0.2) is 0 Å². The van der Waals surface area contributed by atoms with Gasteiger partial charge in [0.25, 0.3) is 7.82 Å². The Balaban J connectivity index is 4.10. The van der Waals surface area contributed by atoms with Crippen molar-refractivity contribution in [3.8, 4) is 0 Å². The average Bonchev–Trinajstić information content (AvgIpc) is 3.35. The molecule has 1 amide bonds. The van der Waals surface area contributed by atoms with Crippen molar-refractivity contribution in [1.82, 2.24) is 5.32 Å². The summed E-state index contributed by atoms with van der Waals surface area (Å²) < 4.78 is 23.4. The van der Waals surface area contributed by atoms with Gasteiger partial charge in [-0.2, -0.15) is 0 Å². The van der Waals surface area contributed by atoms with E-state index in [1.54, 1.807) is 6.08 Å². The third-order valence-electron chi connectivity index (χ3n) is 14.9. The molecule has 9 heteroatoms. The van der Waals surface area contributed by atoms with Gasteiger partial charge in [-0.05, 0) is 44.9 Å². The van der Waals surface area contributed by atoms with Crippen molar-refractivity contribution in [2.45, 2.75) is 341 Å². The molecule has 8 nitrogen and oxygen atoms in total. The fourth-order valence-corrected chi connectivity index (χ4v) is 10.6. The lowest BCUT2D eigenvalue weighted by atomic mass is 10.0. The highest BCUT2D eigenvalue weighted by Crippen LogP contribution is 2.38. The topological polar surface area (TPSA) is 108 Å². The summed E-state index contributed by atoms with van der Waals surface area (Å²) in [6, 6.07) is -0.885. The molecule has 0 saturated carbocycles.